The van der Waals surface area contributed by atoms with Gasteiger partial charge in [0.05, 0.1) is 5.69 Å². The molecule has 1 saturated carbocycles. The molecule has 1 aromatic heterocycles. The van der Waals surface area contributed by atoms with Crippen LogP contribution in [0.5, 0.6) is 0 Å². The highest BCUT2D eigenvalue weighted by molar-refractivity contribution is 7.90. The highest BCUT2D eigenvalue weighted by atomic mass is 32.2. The van der Waals surface area contributed by atoms with Crippen LogP contribution >= 0.6 is 11.3 Å². The lowest BCUT2D eigenvalue weighted by Crippen LogP contribution is -2.00. The number of sulfone groups is 1. The molecule has 0 spiro atoms. The van der Waals surface area contributed by atoms with Gasteiger partial charge in [0, 0.05) is 12.2 Å². The molecule has 1 aliphatic carbocycles. The van der Waals surface area contributed by atoms with E-state index >= 15 is 0 Å². The number of rotatable bonds is 4. The van der Waals surface area contributed by atoms with Gasteiger partial charge in [-0.3, -0.25) is 0 Å². The lowest BCUT2D eigenvalue weighted by Gasteiger charge is -1.92. The fraction of sp³-hybridized carbons (Fsp3) is 0.556. The third-order valence-electron chi connectivity index (χ3n) is 2.24. The van der Waals surface area contributed by atoms with Crippen LogP contribution in [0.15, 0.2) is 0 Å². The van der Waals surface area contributed by atoms with Crippen molar-refractivity contribution in [1.82, 2.24) is 4.98 Å². The summed E-state index contributed by atoms with van der Waals surface area (Å²) < 4.78 is 22.2. The smallest absolute Gasteiger partial charge is 0.347 e. The number of hydrogen-bond donors (Lipinski definition) is 1. The Kier molecular flexibility index (Phi) is 2.75. The van der Waals surface area contributed by atoms with Crippen LogP contribution in [0.4, 0.5) is 0 Å². The quantitative estimate of drug-likeness (QED) is 0.882. The molecule has 2 rings (SSSR count). The Morgan fingerprint density at radius 1 is 1.56 bits per heavy atom. The minimum absolute atomic E-state index is 0.176. The van der Waals surface area contributed by atoms with E-state index in [1.54, 1.807) is 0 Å². The Hall–Kier alpha value is -0.950. The topological polar surface area (TPSA) is 84.3 Å². The first kappa shape index (κ1) is 11.5. The van der Waals surface area contributed by atoms with Gasteiger partial charge in [0.1, 0.15) is 15.6 Å². The molecular formula is C9H11NO4S2. The summed E-state index contributed by atoms with van der Waals surface area (Å²) in [4.78, 5) is 15.3. The van der Waals surface area contributed by atoms with Crippen LogP contribution < -0.4 is 0 Å². The second-order valence-electron chi connectivity index (χ2n) is 3.97. The Morgan fingerprint density at radius 2 is 2.19 bits per heavy atom. The summed E-state index contributed by atoms with van der Waals surface area (Å²) in [5, 5.41) is 9.35. The third kappa shape index (κ3) is 2.59. The van der Waals surface area contributed by atoms with Crippen LogP contribution in [0.2, 0.25) is 0 Å². The minimum Gasteiger partial charge on any atom is -0.477 e. The van der Waals surface area contributed by atoms with Crippen molar-refractivity contribution >= 4 is 27.1 Å². The summed E-state index contributed by atoms with van der Waals surface area (Å²) in [7, 11) is -3.16. The Bertz CT molecular complexity index is 528. The maximum absolute atomic E-state index is 11.1. The van der Waals surface area contributed by atoms with Crippen LogP contribution in [0, 0.1) is 0 Å². The van der Waals surface area contributed by atoms with Crippen molar-refractivity contribution in [3.63, 3.8) is 0 Å². The van der Waals surface area contributed by atoms with Gasteiger partial charge >= 0.3 is 5.97 Å². The van der Waals surface area contributed by atoms with Gasteiger partial charge < -0.3 is 5.11 Å². The Morgan fingerprint density at radius 3 is 2.62 bits per heavy atom. The largest absolute Gasteiger partial charge is 0.477 e. The van der Waals surface area contributed by atoms with E-state index in [1.165, 1.54) is 0 Å². The standard InChI is InChI=1S/C9H11NO4S2/c1-16(13,14)4-6-10-7(5-2-3-5)8(15-6)9(11)12/h5H,2-4H2,1H3,(H,11,12). The summed E-state index contributed by atoms with van der Waals surface area (Å²) in [6, 6.07) is 0. The van der Waals surface area contributed by atoms with Crippen LogP contribution in [0.3, 0.4) is 0 Å². The van der Waals surface area contributed by atoms with Gasteiger partial charge in [-0.05, 0) is 12.8 Å². The van der Waals surface area contributed by atoms with E-state index in [-0.39, 0.29) is 16.5 Å². The fourth-order valence-electron chi connectivity index (χ4n) is 1.45. The summed E-state index contributed by atoms with van der Waals surface area (Å²) in [5.41, 5.74) is 0.566. The first-order valence-electron chi connectivity index (χ1n) is 4.77. The number of aromatic nitrogens is 1. The number of hydrogen-bond acceptors (Lipinski definition) is 5. The van der Waals surface area contributed by atoms with Crippen LogP contribution in [-0.4, -0.2) is 30.7 Å². The first-order valence-corrected chi connectivity index (χ1v) is 7.65. The molecule has 0 radical (unpaired) electrons. The number of nitrogens with zero attached hydrogens (tertiary/aromatic N) is 1. The number of aromatic carboxylic acids is 1. The molecule has 0 amide bonds. The molecule has 5 nitrogen and oxygen atoms in total. The van der Waals surface area contributed by atoms with E-state index < -0.39 is 15.8 Å². The number of thiazole rings is 1. The van der Waals surface area contributed by atoms with Crippen molar-refractivity contribution in [2.75, 3.05) is 6.26 Å². The average molecular weight is 261 g/mol. The molecule has 1 fully saturated rings. The molecule has 0 atom stereocenters. The summed E-state index contributed by atoms with van der Waals surface area (Å²) in [6.45, 7) is 0. The SMILES string of the molecule is CS(=O)(=O)Cc1nc(C2CC2)c(C(=O)O)s1. The van der Waals surface area contributed by atoms with Gasteiger partial charge in [-0.1, -0.05) is 0 Å². The normalized spacial score (nSPS) is 16.3. The average Bonchev–Trinajstić information content (AvgIpc) is 2.86. The highest BCUT2D eigenvalue weighted by Gasteiger charge is 2.32. The van der Waals surface area contributed by atoms with E-state index in [9.17, 15) is 13.2 Å². The highest BCUT2D eigenvalue weighted by Crippen LogP contribution is 2.42. The van der Waals surface area contributed by atoms with E-state index in [1.807, 2.05) is 0 Å². The van der Waals surface area contributed by atoms with Crippen molar-refractivity contribution in [3.05, 3.63) is 15.6 Å². The fourth-order valence-corrected chi connectivity index (χ4v) is 3.63. The maximum Gasteiger partial charge on any atom is 0.347 e. The lowest BCUT2D eigenvalue weighted by molar-refractivity contribution is 0.0700. The summed E-state index contributed by atoms with van der Waals surface area (Å²) in [5.74, 6) is -0.972. The number of carboxylic acid groups (broad SMARTS) is 1. The van der Waals surface area contributed by atoms with Crippen molar-refractivity contribution in [2.24, 2.45) is 0 Å². The van der Waals surface area contributed by atoms with Crippen molar-refractivity contribution in [1.29, 1.82) is 0 Å². The number of carbonyl (C=O) groups is 1. The predicted molar refractivity (Wildman–Crippen MR) is 59.6 cm³/mol. The third-order valence-corrected chi connectivity index (χ3v) is 4.28. The molecule has 1 N–H and O–H groups in total. The van der Waals surface area contributed by atoms with E-state index in [4.69, 9.17) is 5.11 Å². The van der Waals surface area contributed by atoms with E-state index in [0.717, 1.165) is 30.4 Å². The number of carboxylic acids is 1. The van der Waals surface area contributed by atoms with Gasteiger partial charge in [0.25, 0.3) is 0 Å². The first-order chi connectivity index (χ1) is 7.37. The lowest BCUT2D eigenvalue weighted by atomic mass is 10.2. The van der Waals surface area contributed by atoms with Gasteiger partial charge in [-0.25, -0.2) is 18.2 Å². The summed E-state index contributed by atoms with van der Waals surface area (Å²) in [6.07, 6.45) is 3.01. The minimum atomic E-state index is -3.16. The molecule has 0 bridgehead atoms. The van der Waals surface area contributed by atoms with Crippen molar-refractivity contribution in [2.45, 2.75) is 24.5 Å². The second kappa shape index (κ2) is 3.81. The van der Waals surface area contributed by atoms with E-state index in [2.05, 4.69) is 4.98 Å². The van der Waals surface area contributed by atoms with Gasteiger partial charge in [0.15, 0.2) is 9.84 Å². The molecule has 0 aliphatic heterocycles. The van der Waals surface area contributed by atoms with Crippen LogP contribution in [0.1, 0.15) is 39.1 Å². The molecule has 0 saturated heterocycles. The summed E-state index contributed by atoms with van der Waals surface area (Å²) >= 11 is 0.973. The molecule has 7 heteroatoms. The Labute approximate surface area is 97.1 Å². The van der Waals surface area contributed by atoms with Gasteiger partial charge in [-0.2, -0.15) is 0 Å². The van der Waals surface area contributed by atoms with E-state index in [0.29, 0.717) is 10.7 Å². The molecular weight excluding hydrogens is 250 g/mol. The maximum atomic E-state index is 11.1. The van der Waals surface area contributed by atoms with Crippen LogP contribution in [0.25, 0.3) is 0 Å². The second-order valence-corrected chi connectivity index (χ2v) is 7.20. The zero-order valence-corrected chi connectivity index (χ0v) is 10.3. The van der Waals surface area contributed by atoms with Gasteiger partial charge in [0.2, 0.25) is 0 Å². The zero-order chi connectivity index (χ0) is 11.9. The molecule has 88 valence electrons. The van der Waals surface area contributed by atoms with Crippen LogP contribution in [-0.2, 0) is 15.6 Å². The molecule has 0 unspecified atom stereocenters. The predicted octanol–water partition coefficient (Wildman–Crippen LogP) is 1.26. The van der Waals surface area contributed by atoms with Crippen molar-refractivity contribution in [3.8, 4) is 0 Å². The monoisotopic (exact) mass is 261 g/mol. The molecule has 0 aromatic carbocycles. The molecule has 16 heavy (non-hydrogen) atoms. The molecule has 1 aromatic rings. The molecule has 1 heterocycles. The zero-order valence-electron chi connectivity index (χ0n) is 8.63. The van der Waals surface area contributed by atoms with Gasteiger partial charge in [-0.15, -0.1) is 11.3 Å². The Balaban J connectivity index is 2.35. The van der Waals surface area contributed by atoms with Crippen molar-refractivity contribution < 1.29 is 18.3 Å². The molecule has 1 aliphatic rings.